The molecule has 1 aromatic carbocycles. The quantitative estimate of drug-likeness (QED) is 0.858. The highest BCUT2D eigenvalue weighted by Gasteiger charge is 2.25. The summed E-state index contributed by atoms with van der Waals surface area (Å²) in [6.45, 7) is 5.58. The third kappa shape index (κ3) is 2.70. The second kappa shape index (κ2) is 4.79. The van der Waals surface area contributed by atoms with Gasteiger partial charge in [0.1, 0.15) is 0 Å². The topological polar surface area (TPSA) is 15.3 Å². The molecule has 2 nitrogen and oxygen atoms in total. The Labute approximate surface area is 105 Å². The average molecular weight is 232 g/mol. The van der Waals surface area contributed by atoms with E-state index in [2.05, 4.69) is 62.4 Å². The SMILES string of the molecule is CN(C)C(C)(C)CNC1CCc2ccccc21. The van der Waals surface area contributed by atoms with Crippen LogP contribution < -0.4 is 5.32 Å². The van der Waals surface area contributed by atoms with E-state index >= 15 is 0 Å². The smallest absolute Gasteiger partial charge is 0.0326 e. The molecule has 0 fully saturated rings. The van der Waals surface area contributed by atoms with Crippen LogP contribution in [-0.2, 0) is 6.42 Å². The van der Waals surface area contributed by atoms with Crippen molar-refractivity contribution in [2.75, 3.05) is 20.6 Å². The summed E-state index contributed by atoms with van der Waals surface area (Å²) < 4.78 is 0. The van der Waals surface area contributed by atoms with E-state index in [9.17, 15) is 0 Å². The summed E-state index contributed by atoms with van der Waals surface area (Å²) in [5.74, 6) is 0. The normalized spacial score (nSPS) is 19.7. The molecule has 1 aliphatic carbocycles. The zero-order valence-electron chi connectivity index (χ0n) is 11.5. The summed E-state index contributed by atoms with van der Waals surface area (Å²) in [6, 6.07) is 9.36. The summed E-state index contributed by atoms with van der Waals surface area (Å²) in [5, 5.41) is 3.72. The van der Waals surface area contributed by atoms with Gasteiger partial charge in [-0.05, 0) is 51.9 Å². The molecule has 1 N–H and O–H groups in total. The Morgan fingerprint density at radius 1 is 1.29 bits per heavy atom. The average Bonchev–Trinajstić information content (AvgIpc) is 2.69. The lowest BCUT2D eigenvalue weighted by Crippen LogP contribution is -2.47. The maximum atomic E-state index is 3.72. The number of likely N-dealkylation sites (N-methyl/N-ethyl adjacent to an activating group) is 1. The molecule has 0 saturated heterocycles. The minimum atomic E-state index is 0.206. The lowest BCUT2D eigenvalue weighted by Gasteiger charge is -2.34. The van der Waals surface area contributed by atoms with Crippen molar-refractivity contribution >= 4 is 0 Å². The van der Waals surface area contributed by atoms with Crippen molar-refractivity contribution in [3.05, 3.63) is 35.4 Å². The third-order valence-corrected chi connectivity index (χ3v) is 4.12. The number of rotatable bonds is 4. The van der Waals surface area contributed by atoms with Crippen LogP contribution in [0.1, 0.15) is 37.4 Å². The van der Waals surface area contributed by atoms with E-state index in [0.29, 0.717) is 6.04 Å². The molecular formula is C15H24N2. The Hall–Kier alpha value is -0.860. The van der Waals surface area contributed by atoms with Gasteiger partial charge in [0, 0.05) is 18.1 Å². The van der Waals surface area contributed by atoms with Crippen LogP contribution in [0.4, 0.5) is 0 Å². The predicted molar refractivity (Wildman–Crippen MR) is 73.3 cm³/mol. The molecule has 2 rings (SSSR count). The third-order valence-electron chi connectivity index (χ3n) is 4.12. The van der Waals surface area contributed by atoms with Gasteiger partial charge >= 0.3 is 0 Å². The van der Waals surface area contributed by atoms with E-state index in [4.69, 9.17) is 0 Å². The van der Waals surface area contributed by atoms with Crippen LogP contribution in [0, 0.1) is 0 Å². The van der Waals surface area contributed by atoms with Crippen LogP contribution in [0.3, 0.4) is 0 Å². The van der Waals surface area contributed by atoms with Crippen molar-refractivity contribution < 1.29 is 0 Å². The lowest BCUT2D eigenvalue weighted by molar-refractivity contribution is 0.184. The fourth-order valence-electron chi connectivity index (χ4n) is 2.30. The van der Waals surface area contributed by atoms with Crippen molar-refractivity contribution in [3.8, 4) is 0 Å². The van der Waals surface area contributed by atoms with Crippen LogP contribution in [0.2, 0.25) is 0 Å². The van der Waals surface area contributed by atoms with Crippen LogP contribution in [-0.4, -0.2) is 31.1 Å². The Morgan fingerprint density at radius 3 is 2.71 bits per heavy atom. The van der Waals surface area contributed by atoms with Gasteiger partial charge in [0.2, 0.25) is 0 Å². The van der Waals surface area contributed by atoms with Gasteiger partial charge in [0.15, 0.2) is 0 Å². The summed E-state index contributed by atoms with van der Waals surface area (Å²) in [4.78, 5) is 2.28. The summed E-state index contributed by atoms with van der Waals surface area (Å²) in [5.41, 5.74) is 3.23. The van der Waals surface area contributed by atoms with Crippen molar-refractivity contribution in [1.82, 2.24) is 10.2 Å². The fourth-order valence-corrected chi connectivity index (χ4v) is 2.30. The molecule has 1 unspecified atom stereocenters. The van der Waals surface area contributed by atoms with Gasteiger partial charge in [0.25, 0.3) is 0 Å². The Morgan fingerprint density at radius 2 is 2.00 bits per heavy atom. The van der Waals surface area contributed by atoms with Crippen molar-refractivity contribution in [3.63, 3.8) is 0 Å². The first-order chi connectivity index (χ1) is 8.00. The maximum absolute atomic E-state index is 3.72. The van der Waals surface area contributed by atoms with Crippen molar-refractivity contribution in [2.24, 2.45) is 0 Å². The number of aryl methyl sites for hydroxylation is 1. The molecule has 0 aliphatic heterocycles. The Bertz CT molecular complexity index is 382. The number of nitrogens with zero attached hydrogens (tertiary/aromatic N) is 1. The summed E-state index contributed by atoms with van der Waals surface area (Å²) >= 11 is 0. The fraction of sp³-hybridized carbons (Fsp3) is 0.600. The molecule has 0 aromatic heterocycles. The van der Waals surface area contributed by atoms with Crippen LogP contribution in [0.15, 0.2) is 24.3 Å². The van der Waals surface area contributed by atoms with Gasteiger partial charge < -0.3 is 10.2 Å². The second-order valence-corrected chi connectivity index (χ2v) is 5.88. The van der Waals surface area contributed by atoms with E-state index in [1.165, 1.54) is 24.0 Å². The molecule has 0 amide bonds. The minimum Gasteiger partial charge on any atom is -0.308 e. The molecule has 0 radical (unpaired) electrons. The number of hydrogen-bond donors (Lipinski definition) is 1. The first-order valence-electron chi connectivity index (χ1n) is 6.49. The van der Waals surface area contributed by atoms with E-state index in [1.54, 1.807) is 0 Å². The van der Waals surface area contributed by atoms with Crippen LogP contribution >= 0.6 is 0 Å². The van der Waals surface area contributed by atoms with E-state index in [1.807, 2.05) is 0 Å². The first kappa shape index (κ1) is 12.6. The zero-order valence-corrected chi connectivity index (χ0v) is 11.5. The van der Waals surface area contributed by atoms with Gasteiger partial charge in [-0.3, -0.25) is 0 Å². The highest BCUT2D eigenvalue weighted by atomic mass is 15.2. The molecular weight excluding hydrogens is 208 g/mol. The second-order valence-electron chi connectivity index (χ2n) is 5.88. The highest BCUT2D eigenvalue weighted by molar-refractivity contribution is 5.34. The number of fused-ring (bicyclic) bond motifs is 1. The molecule has 94 valence electrons. The molecule has 0 heterocycles. The largest absolute Gasteiger partial charge is 0.308 e. The van der Waals surface area contributed by atoms with Crippen molar-refractivity contribution in [1.29, 1.82) is 0 Å². The molecule has 1 atom stereocenters. The maximum Gasteiger partial charge on any atom is 0.0326 e. The molecule has 2 heteroatoms. The molecule has 17 heavy (non-hydrogen) atoms. The minimum absolute atomic E-state index is 0.206. The summed E-state index contributed by atoms with van der Waals surface area (Å²) in [7, 11) is 4.29. The molecule has 1 aromatic rings. The number of benzene rings is 1. The van der Waals surface area contributed by atoms with Gasteiger partial charge in [-0.2, -0.15) is 0 Å². The summed E-state index contributed by atoms with van der Waals surface area (Å²) in [6.07, 6.45) is 2.46. The molecule has 0 saturated carbocycles. The van der Waals surface area contributed by atoms with Gasteiger partial charge in [-0.25, -0.2) is 0 Å². The predicted octanol–water partition coefficient (Wildman–Crippen LogP) is 2.60. The van der Waals surface area contributed by atoms with E-state index in [0.717, 1.165) is 6.54 Å². The van der Waals surface area contributed by atoms with Crippen LogP contribution in [0.5, 0.6) is 0 Å². The lowest BCUT2D eigenvalue weighted by atomic mass is 10.0. The van der Waals surface area contributed by atoms with Crippen molar-refractivity contribution in [2.45, 2.75) is 38.3 Å². The highest BCUT2D eigenvalue weighted by Crippen LogP contribution is 2.30. The van der Waals surface area contributed by atoms with E-state index < -0.39 is 0 Å². The zero-order chi connectivity index (χ0) is 12.5. The van der Waals surface area contributed by atoms with Gasteiger partial charge in [0.05, 0.1) is 0 Å². The molecule has 0 bridgehead atoms. The first-order valence-corrected chi connectivity index (χ1v) is 6.49. The van der Waals surface area contributed by atoms with Crippen LogP contribution in [0.25, 0.3) is 0 Å². The molecule has 1 aliphatic rings. The number of nitrogens with one attached hydrogen (secondary N) is 1. The Kier molecular flexibility index (Phi) is 3.55. The van der Waals surface area contributed by atoms with Gasteiger partial charge in [-0.15, -0.1) is 0 Å². The monoisotopic (exact) mass is 232 g/mol. The molecule has 0 spiro atoms. The Balaban J connectivity index is 1.99. The standard InChI is InChI=1S/C15H24N2/c1-15(2,17(3)4)11-16-14-10-9-12-7-5-6-8-13(12)14/h5-8,14,16H,9-11H2,1-4H3. The number of hydrogen-bond acceptors (Lipinski definition) is 2. The van der Waals surface area contributed by atoms with Gasteiger partial charge in [-0.1, -0.05) is 24.3 Å². The van der Waals surface area contributed by atoms with E-state index in [-0.39, 0.29) is 5.54 Å².